The van der Waals surface area contributed by atoms with Crippen LogP contribution in [0.25, 0.3) is 0 Å². The quantitative estimate of drug-likeness (QED) is 0.879. The van der Waals surface area contributed by atoms with Gasteiger partial charge in [-0.1, -0.05) is 24.4 Å². The van der Waals surface area contributed by atoms with Crippen molar-refractivity contribution in [3.63, 3.8) is 0 Å². The van der Waals surface area contributed by atoms with Gasteiger partial charge < -0.3 is 5.32 Å². The van der Waals surface area contributed by atoms with Crippen molar-refractivity contribution >= 4 is 24.0 Å². The van der Waals surface area contributed by atoms with Crippen LogP contribution in [0.1, 0.15) is 37.3 Å². The van der Waals surface area contributed by atoms with Gasteiger partial charge in [0.05, 0.1) is 0 Å². The van der Waals surface area contributed by atoms with Crippen LogP contribution in [-0.2, 0) is 0 Å². The molecular weight excluding hydrogens is 329 g/mol. The van der Waals surface area contributed by atoms with Gasteiger partial charge in [0.2, 0.25) is 0 Å². The first-order valence-corrected chi connectivity index (χ1v) is 8.14. The molecule has 1 atom stereocenters. The molecule has 0 radical (unpaired) electrons. The molecule has 1 heterocycles. The van der Waals surface area contributed by atoms with E-state index in [1.165, 1.54) is 12.1 Å². The average Bonchev–Trinajstić information content (AvgIpc) is 2.97. The van der Waals surface area contributed by atoms with Crippen LogP contribution in [0.4, 0.5) is 8.78 Å². The third kappa shape index (κ3) is 3.73. The summed E-state index contributed by atoms with van der Waals surface area (Å²) in [5, 5.41) is 3.42. The molecule has 0 spiro atoms. The first-order valence-electron chi connectivity index (χ1n) is 7.76. The van der Waals surface area contributed by atoms with E-state index in [-0.39, 0.29) is 29.0 Å². The number of halogens is 4. The Bertz CT molecular complexity index is 478. The fourth-order valence-corrected chi connectivity index (χ4v) is 3.98. The molecule has 1 saturated carbocycles. The minimum absolute atomic E-state index is 0. The van der Waals surface area contributed by atoms with Gasteiger partial charge in [-0.25, -0.2) is 8.78 Å². The van der Waals surface area contributed by atoms with Crippen LogP contribution < -0.4 is 5.32 Å². The molecule has 0 bridgehead atoms. The zero-order chi connectivity index (χ0) is 14.8. The zero-order valence-corrected chi connectivity index (χ0v) is 14.0. The minimum Gasteiger partial charge on any atom is -0.314 e. The van der Waals surface area contributed by atoms with Gasteiger partial charge in [-0.2, -0.15) is 0 Å². The summed E-state index contributed by atoms with van der Waals surface area (Å²) in [6.07, 6.45) is 4.42. The maximum Gasteiger partial charge on any atom is 0.132 e. The highest BCUT2D eigenvalue weighted by Gasteiger charge is 2.35. The highest BCUT2D eigenvalue weighted by Crippen LogP contribution is 2.41. The molecule has 0 aromatic heterocycles. The predicted molar refractivity (Wildman–Crippen MR) is 87.8 cm³/mol. The summed E-state index contributed by atoms with van der Waals surface area (Å²) in [4.78, 5) is 2.24. The smallest absolute Gasteiger partial charge is 0.132 e. The highest BCUT2D eigenvalue weighted by atomic mass is 35.5. The van der Waals surface area contributed by atoms with E-state index in [1.807, 2.05) is 0 Å². The molecule has 124 valence electrons. The number of rotatable bonds is 3. The SMILES string of the molecule is Cl.Fc1cc(Cl)cc(F)c1[C@@H](C1CCCC1)N1CCNCC1. The Balaban J connectivity index is 0.00000176. The first-order chi connectivity index (χ1) is 10.2. The molecular formula is C16H22Cl2F2N2. The third-order valence-corrected chi connectivity index (χ3v) is 4.95. The Hall–Kier alpha value is -0.420. The van der Waals surface area contributed by atoms with Gasteiger partial charge in [0, 0.05) is 42.8 Å². The number of piperazine rings is 1. The topological polar surface area (TPSA) is 15.3 Å². The number of hydrogen-bond donors (Lipinski definition) is 1. The van der Waals surface area contributed by atoms with Crippen LogP contribution >= 0.6 is 24.0 Å². The Labute approximate surface area is 141 Å². The molecule has 1 aromatic carbocycles. The Kier molecular flexibility index (Phi) is 6.45. The molecule has 1 N–H and O–H groups in total. The summed E-state index contributed by atoms with van der Waals surface area (Å²) in [5.74, 6) is -0.667. The number of nitrogens with zero attached hydrogens (tertiary/aromatic N) is 1. The van der Waals surface area contributed by atoms with E-state index in [9.17, 15) is 8.78 Å². The fourth-order valence-electron chi connectivity index (χ4n) is 3.79. The molecule has 1 saturated heterocycles. The van der Waals surface area contributed by atoms with Gasteiger partial charge in [0.25, 0.3) is 0 Å². The summed E-state index contributed by atoms with van der Waals surface area (Å²) in [5.41, 5.74) is 0.216. The van der Waals surface area contributed by atoms with Gasteiger partial charge in [-0.15, -0.1) is 12.4 Å². The van der Waals surface area contributed by atoms with Crippen molar-refractivity contribution in [3.8, 4) is 0 Å². The number of nitrogens with one attached hydrogen (secondary N) is 1. The lowest BCUT2D eigenvalue weighted by molar-refractivity contribution is 0.119. The molecule has 6 heteroatoms. The molecule has 2 fully saturated rings. The molecule has 3 rings (SSSR count). The molecule has 0 amide bonds. The standard InChI is InChI=1S/C16H21ClF2N2.ClH/c17-12-9-13(18)15(14(19)10-12)16(11-3-1-2-4-11)21-7-5-20-6-8-21;/h9-11,16,20H,1-8H2;1H/t16-;/m1./s1. The fraction of sp³-hybridized carbons (Fsp3) is 0.625. The summed E-state index contributed by atoms with van der Waals surface area (Å²) >= 11 is 5.77. The van der Waals surface area contributed by atoms with Crippen molar-refractivity contribution in [1.82, 2.24) is 10.2 Å². The molecule has 2 aliphatic rings. The Morgan fingerprint density at radius 1 is 1.09 bits per heavy atom. The van der Waals surface area contributed by atoms with E-state index >= 15 is 0 Å². The predicted octanol–water partition coefficient (Wildman–Crippen LogP) is 4.18. The largest absolute Gasteiger partial charge is 0.314 e. The van der Waals surface area contributed by atoms with Crippen molar-refractivity contribution < 1.29 is 8.78 Å². The summed E-state index contributed by atoms with van der Waals surface area (Å²) in [6, 6.07) is 2.32. The lowest BCUT2D eigenvalue weighted by atomic mass is 9.89. The van der Waals surface area contributed by atoms with Crippen LogP contribution in [-0.4, -0.2) is 31.1 Å². The third-order valence-electron chi connectivity index (χ3n) is 4.73. The van der Waals surface area contributed by atoms with Crippen molar-refractivity contribution in [3.05, 3.63) is 34.4 Å². The highest BCUT2D eigenvalue weighted by molar-refractivity contribution is 6.30. The van der Waals surface area contributed by atoms with Gasteiger partial charge in [0.1, 0.15) is 11.6 Å². The van der Waals surface area contributed by atoms with Crippen molar-refractivity contribution in [2.45, 2.75) is 31.7 Å². The summed E-state index contributed by atoms with van der Waals surface area (Å²) in [7, 11) is 0. The lowest BCUT2D eigenvalue weighted by Crippen LogP contribution is -2.47. The van der Waals surface area contributed by atoms with Crippen LogP contribution in [0, 0.1) is 17.6 Å². The van der Waals surface area contributed by atoms with E-state index in [0.717, 1.165) is 51.9 Å². The Morgan fingerprint density at radius 2 is 1.64 bits per heavy atom. The summed E-state index contributed by atoms with van der Waals surface area (Å²) < 4.78 is 28.8. The monoisotopic (exact) mass is 350 g/mol. The van der Waals surface area contributed by atoms with E-state index in [0.29, 0.717) is 5.92 Å². The second-order valence-electron chi connectivity index (χ2n) is 6.06. The zero-order valence-electron chi connectivity index (χ0n) is 12.5. The first kappa shape index (κ1) is 17.9. The average molecular weight is 351 g/mol. The molecule has 1 aliphatic carbocycles. The molecule has 1 aromatic rings. The normalized spacial score (nSPS) is 21.6. The molecule has 2 nitrogen and oxygen atoms in total. The number of hydrogen-bond acceptors (Lipinski definition) is 2. The maximum absolute atomic E-state index is 14.4. The van der Waals surface area contributed by atoms with E-state index in [1.54, 1.807) is 0 Å². The van der Waals surface area contributed by atoms with Gasteiger partial charge in [-0.3, -0.25) is 4.90 Å². The summed E-state index contributed by atoms with van der Waals surface area (Å²) in [6.45, 7) is 3.42. The van der Waals surface area contributed by atoms with Gasteiger partial charge in [0.15, 0.2) is 0 Å². The molecule has 22 heavy (non-hydrogen) atoms. The van der Waals surface area contributed by atoms with Gasteiger partial charge >= 0.3 is 0 Å². The van der Waals surface area contributed by atoms with Crippen LogP contribution in [0.15, 0.2) is 12.1 Å². The van der Waals surface area contributed by atoms with Crippen LogP contribution in [0.3, 0.4) is 0 Å². The maximum atomic E-state index is 14.4. The van der Waals surface area contributed by atoms with Crippen LogP contribution in [0.2, 0.25) is 5.02 Å². The minimum atomic E-state index is -0.504. The van der Waals surface area contributed by atoms with E-state index < -0.39 is 11.6 Å². The second-order valence-corrected chi connectivity index (χ2v) is 6.49. The van der Waals surface area contributed by atoms with Gasteiger partial charge in [-0.05, 0) is 30.9 Å². The second kappa shape index (κ2) is 7.91. The molecule has 0 unspecified atom stereocenters. The lowest BCUT2D eigenvalue weighted by Gasteiger charge is -2.38. The number of benzene rings is 1. The van der Waals surface area contributed by atoms with E-state index in [4.69, 9.17) is 11.6 Å². The van der Waals surface area contributed by atoms with Crippen LogP contribution in [0.5, 0.6) is 0 Å². The van der Waals surface area contributed by atoms with Crippen molar-refractivity contribution in [2.75, 3.05) is 26.2 Å². The van der Waals surface area contributed by atoms with Crippen molar-refractivity contribution in [2.24, 2.45) is 5.92 Å². The van der Waals surface area contributed by atoms with Crippen molar-refractivity contribution in [1.29, 1.82) is 0 Å². The molecule has 1 aliphatic heterocycles. The van der Waals surface area contributed by atoms with E-state index in [2.05, 4.69) is 10.2 Å². The Morgan fingerprint density at radius 3 is 2.18 bits per heavy atom.